The summed E-state index contributed by atoms with van der Waals surface area (Å²) in [4.78, 5) is 31.0. The molecule has 146 valence electrons. The number of fused-ring (bicyclic) bond motifs is 5. The number of hydrogen-bond donors (Lipinski definition) is 2. The Morgan fingerprint density at radius 3 is 2.48 bits per heavy atom. The molecule has 0 spiro atoms. The fourth-order valence-electron chi connectivity index (χ4n) is 5.15. The molecule has 2 N–H and O–H groups in total. The number of likely N-dealkylation sites (tertiary alicyclic amines) is 1. The fourth-order valence-corrected chi connectivity index (χ4v) is 5.15. The number of imide groups is 1. The average molecular weight is 370 g/mol. The van der Waals surface area contributed by atoms with Crippen molar-refractivity contribution in [3.63, 3.8) is 0 Å². The summed E-state index contributed by atoms with van der Waals surface area (Å²) < 4.78 is 0. The van der Waals surface area contributed by atoms with E-state index in [1.54, 1.807) is 7.05 Å². The van der Waals surface area contributed by atoms with Crippen molar-refractivity contribution in [3.8, 4) is 0 Å². The zero-order valence-corrected chi connectivity index (χ0v) is 16.1. The fraction of sp³-hybridized carbons (Fsp3) is 0.667. The molecule has 6 nitrogen and oxygen atoms in total. The molecule has 4 aliphatic rings. The number of guanidine groups is 1. The largest absolute Gasteiger partial charge is 0.356 e. The number of carbonyl (C=O) groups excluding carboxylic acids is 2. The summed E-state index contributed by atoms with van der Waals surface area (Å²) in [6.45, 7) is 2.08. The summed E-state index contributed by atoms with van der Waals surface area (Å²) in [7, 11) is 1.77. The van der Waals surface area contributed by atoms with Gasteiger partial charge in [-0.15, -0.1) is 0 Å². The predicted octanol–water partition coefficient (Wildman–Crippen LogP) is 1.85. The first-order valence-electron chi connectivity index (χ1n) is 10.3. The number of allylic oxidation sites excluding steroid dienone is 3. The van der Waals surface area contributed by atoms with Gasteiger partial charge in [-0.2, -0.15) is 0 Å². The maximum absolute atomic E-state index is 12.6. The van der Waals surface area contributed by atoms with E-state index in [4.69, 9.17) is 0 Å². The van der Waals surface area contributed by atoms with E-state index < -0.39 is 0 Å². The molecule has 4 unspecified atom stereocenters. The van der Waals surface area contributed by atoms with Gasteiger partial charge in [-0.05, 0) is 50.4 Å². The summed E-state index contributed by atoms with van der Waals surface area (Å²) in [6.07, 6.45) is 13.1. The third kappa shape index (κ3) is 3.54. The van der Waals surface area contributed by atoms with E-state index in [1.807, 2.05) is 0 Å². The van der Waals surface area contributed by atoms with Crippen LogP contribution in [-0.2, 0) is 9.59 Å². The molecule has 2 bridgehead atoms. The second-order valence-electron chi connectivity index (χ2n) is 8.11. The first-order valence-corrected chi connectivity index (χ1v) is 10.3. The van der Waals surface area contributed by atoms with Crippen molar-refractivity contribution < 1.29 is 9.59 Å². The number of aliphatic imine (C=N–C) groups is 1. The van der Waals surface area contributed by atoms with Crippen molar-refractivity contribution in [2.24, 2.45) is 28.7 Å². The lowest BCUT2D eigenvalue weighted by atomic mass is 9.85. The van der Waals surface area contributed by atoms with Gasteiger partial charge >= 0.3 is 0 Å². The maximum atomic E-state index is 12.6. The van der Waals surface area contributed by atoms with Crippen LogP contribution in [-0.4, -0.2) is 49.4 Å². The SMILES string of the molecule is CN=C(NCCCN1C(=O)C2C3C=CC(C3)C2C1=O)NCCC1=CCCC1. The second kappa shape index (κ2) is 7.87. The van der Waals surface area contributed by atoms with Gasteiger partial charge in [0.2, 0.25) is 11.8 Å². The van der Waals surface area contributed by atoms with Crippen LogP contribution in [0.25, 0.3) is 0 Å². The van der Waals surface area contributed by atoms with Gasteiger partial charge in [0.25, 0.3) is 0 Å². The molecule has 0 radical (unpaired) electrons. The van der Waals surface area contributed by atoms with E-state index in [1.165, 1.54) is 29.7 Å². The van der Waals surface area contributed by atoms with Crippen molar-refractivity contribution >= 4 is 17.8 Å². The molecule has 4 atom stereocenters. The van der Waals surface area contributed by atoms with Crippen LogP contribution < -0.4 is 10.6 Å². The minimum absolute atomic E-state index is 0.0502. The standard InChI is InChI=1S/C21H30N4O2/c1-22-21(24-11-9-14-5-2-3-6-14)23-10-4-12-25-19(26)17-15-7-8-16(13-15)18(17)20(25)27/h5,7-8,15-18H,2-4,6,9-13H2,1H3,(H2,22,23,24). The average Bonchev–Trinajstić information content (AvgIpc) is 3.44. The second-order valence-corrected chi connectivity index (χ2v) is 8.11. The topological polar surface area (TPSA) is 73.8 Å². The molecule has 2 amide bonds. The van der Waals surface area contributed by atoms with Crippen LogP contribution >= 0.6 is 0 Å². The molecular weight excluding hydrogens is 340 g/mol. The Kier molecular flexibility index (Phi) is 5.32. The number of hydrogen-bond acceptors (Lipinski definition) is 3. The van der Waals surface area contributed by atoms with Gasteiger partial charge in [0.05, 0.1) is 11.8 Å². The van der Waals surface area contributed by atoms with Crippen LogP contribution in [0.15, 0.2) is 28.8 Å². The van der Waals surface area contributed by atoms with Gasteiger partial charge in [0.1, 0.15) is 0 Å². The number of nitrogens with one attached hydrogen (secondary N) is 2. The predicted molar refractivity (Wildman–Crippen MR) is 105 cm³/mol. The van der Waals surface area contributed by atoms with E-state index in [0.717, 1.165) is 31.8 Å². The smallest absolute Gasteiger partial charge is 0.233 e. The van der Waals surface area contributed by atoms with Crippen molar-refractivity contribution in [1.29, 1.82) is 0 Å². The van der Waals surface area contributed by atoms with Crippen molar-refractivity contribution in [1.82, 2.24) is 15.5 Å². The molecule has 0 aromatic carbocycles. The van der Waals surface area contributed by atoms with Gasteiger partial charge in [-0.1, -0.05) is 23.8 Å². The number of rotatable bonds is 7. The van der Waals surface area contributed by atoms with E-state index in [2.05, 4.69) is 33.9 Å². The minimum atomic E-state index is -0.0835. The van der Waals surface area contributed by atoms with Crippen molar-refractivity contribution in [2.45, 2.75) is 38.5 Å². The summed E-state index contributed by atoms with van der Waals surface area (Å²) in [5.74, 6) is 1.30. The lowest BCUT2D eigenvalue weighted by Gasteiger charge is -2.18. The van der Waals surface area contributed by atoms with E-state index in [9.17, 15) is 9.59 Å². The molecule has 1 saturated carbocycles. The zero-order chi connectivity index (χ0) is 18.8. The molecule has 0 aromatic heterocycles. The summed E-state index contributed by atoms with van der Waals surface area (Å²) in [5, 5.41) is 6.62. The normalized spacial score (nSPS) is 31.7. The third-order valence-corrected chi connectivity index (χ3v) is 6.51. The summed E-state index contributed by atoms with van der Waals surface area (Å²) >= 11 is 0. The molecule has 1 aliphatic heterocycles. The Labute approximate surface area is 161 Å². The highest BCUT2D eigenvalue weighted by Gasteiger charge is 2.58. The molecule has 6 heteroatoms. The van der Waals surface area contributed by atoms with Crippen LogP contribution in [0, 0.1) is 23.7 Å². The Balaban J connectivity index is 1.17. The van der Waals surface area contributed by atoms with E-state index in [-0.39, 0.29) is 35.5 Å². The maximum Gasteiger partial charge on any atom is 0.233 e. The minimum Gasteiger partial charge on any atom is -0.356 e. The molecule has 2 fully saturated rings. The van der Waals surface area contributed by atoms with Gasteiger partial charge in [0, 0.05) is 26.7 Å². The Morgan fingerprint density at radius 1 is 1.15 bits per heavy atom. The lowest BCUT2D eigenvalue weighted by molar-refractivity contribution is -0.140. The highest BCUT2D eigenvalue weighted by atomic mass is 16.2. The summed E-state index contributed by atoms with van der Waals surface area (Å²) in [6, 6.07) is 0. The molecule has 3 aliphatic carbocycles. The van der Waals surface area contributed by atoms with Crippen LogP contribution in [0.5, 0.6) is 0 Å². The van der Waals surface area contributed by atoms with Crippen molar-refractivity contribution in [2.75, 3.05) is 26.7 Å². The first kappa shape index (κ1) is 18.3. The van der Waals surface area contributed by atoms with Gasteiger partial charge < -0.3 is 10.6 Å². The highest BCUT2D eigenvalue weighted by molar-refractivity contribution is 6.06. The zero-order valence-electron chi connectivity index (χ0n) is 16.1. The molecule has 0 aromatic rings. The quantitative estimate of drug-likeness (QED) is 0.236. The van der Waals surface area contributed by atoms with Gasteiger partial charge in [0.15, 0.2) is 5.96 Å². The van der Waals surface area contributed by atoms with Crippen LogP contribution in [0.4, 0.5) is 0 Å². The molecule has 27 heavy (non-hydrogen) atoms. The Bertz CT molecular complexity index is 666. The third-order valence-electron chi connectivity index (χ3n) is 6.51. The number of amides is 2. The summed E-state index contributed by atoms with van der Waals surface area (Å²) in [5.41, 5.74) is 1.54. The van der Waals surface area contributed by atoms with Gasteiger partial charge in [-0.3, -0.25) is 19.5 Å². The lowest BCUT2D eigenvalue weighted by Crippen LogP contribution is -2.40. The van der Waals surface area contributed by atoms with Crippen LogP contribution in [0.3, 0.4) is 0 Å². The number of nitrogens with zero attached hydrogens (tertiary/aromatic N) is 2. The number of carbonyl (C=O) groups is 2. The highest BCUT2D eigenvalue weighted by Crippen LogP contribution is 2.52. The van der Waals surface area contributed by atoms with E-state index >= 15 is 0 Å². The molecular formula is C21H30N4O2. The molecule has 4 rings (SSSR count). The van der Waals surface area contributed by atoms with Crippen LogP contribution in [0.1, 0.15) is 38.5 Å². The van der Waals surface area contributed by atoms with Crippen LogP contribution in [0.2, 0.25) is 0 Å². The first-order chi connectivity index (χ1) is 13.2. The van der Waals surface area contributed by atoms with E-state index in [0.29, 0.717) is 13.1 Å². The molecule has 1 saturated heterocycles. The molecule has 1 heterocycles. The Hall–Kier alpha value is -2.11. The van der Waals surface area contributed by atoms with Crippen molar-refractivity contribution in [3.05, 3.63) is 23.8 Å². The van der Waals surface area contributed by atoms with Gasteiger partial charge in [-0.25, -0.2) is 0 Å². The monoisotopic (exact) mass is 370 g/mol. The Morgan fingerprint density at radius 2 is 1.85 bits per heavy atom.